The van der Waals surface area contributed by atoms with Crippen LogP contribution in [0, 0.1) is 0 Å². The molecule has 0 saturated carbocycles. The molecule has 0 saturated heterocycles. The summed E-state index contributed by atoms with van der Waals surface area (Å²) in [7, 11) is 1.61. The number of hydrogen-bond acceptors (Lipinski definition) is 4. The molecule has 0 spiro atoms. The summed E-state index contributed by atoms with van der Waals surface area (Å²) in [4.78, 5) is 19.8. The third-order valence-electron chi connectivity index (χ3n) is 2.74. The van der Waals surface area contributed by atoms with Gasteiger partial charge in [-0.3, -0.25) is 9.78 Å². The minimum atomic E-state index is -0.247. The van der Waals surface area contributed by atoms with Gasteiger partial charge < -0.3 is 10.1 Å². The van der Waals surface area contributed by atoms with Crippen molar-refractivity contribution in [3.63, 3.8) is 0 Å². The van der Waals surface area contributed by atoms with Crippen molar-refractivity contribution in [1.82, 2.24) is 15.3 Å². The fourth-order valence-corrected chi connectivity index (χ4v) is 1.68. The Hall–Kier alpha value is -2.43. The van der Waals surface area contributed by atoms with Gasteiger partial charge in [0.2, 0.25) is 0 Å². The van der Waals surface area contributed by atoms with Crippen molar-refractivity contribution in [2.75, 3.05) is 7.11 Å². The molecule has 5 nitrogen and oxygen atoms in total. The lowest BCUT2D eigenvalue weighted by Gasteiger charge is -2.14. The molecule has 0 bridgehead atoms. The lowest BCUT2D eigenvalue weighted by molar-refractivity contribution is 0.0934. The van der Waals surface area contributed by atoms with E-state index in [1.807, 2.05) is 31.2 Å². The number of carbonyl (C=O) groups is 1. The lowest BCUT2D eigenvalue weighted by atomic mass is 10.1. The number of carbonyl (C=O) groups excluding carboxylic acids is 1. The van der Waals surface area contributed by atoms with Crippen molar-refractivity contribution in [3.8, 4) is 5.75 Å². The van der Waals surface area contributed by atoms with Crippen LogP contribution in [0.4, 0.5) is 0 Å². The van der Waals surface area contributed by atoms with E-state index >= 15 is 0 Å². The van der Waals surface area contributed by atoms with E-state index in [4.69, 9.17) is 4.74 Å². The Morgan fingerprint density at radius 1 is 1.37 bits per heavy atom. The zero-order chi connectivity index (χ0) is 13.7. The second kappa shape index (κ2) is 5.95. The number of benzene rings is 1. The zero-order valence-corrected chi connectivity index (χ0v) is 10.8. The molecular formula is C14H15N3O2. The Balaban J connectivity index is 2.08. The Labute approximate surface area is 111 Å². The first kappa shape index (κ1) is 13.0. The van der Waals surface area contributed by atoms with Gasteiger partial charge in [-0.2, -0.15) is 0 Å². The SMILES string of the molecule is COc1cccc([C@@H](C)NC(=O)c2cnccn2)c1. The number of rotatable bonds is 4. The van der Waals surface area contributed by atoms with Crippen LogP contribution in [-0.2, 0) is 0 Å². The number of nitrogens with one attached hydrogen (secondary N) is 1. The van der Waals surface area contributed by atoms with E-state index in [0.717, 1.165) is 11.3 Å². The highest BCUT2D eigenvalue weighted by Gasteiger charge is 2.12. The predicted molar refractivity (Wildman–Crippen MR) is 70.9 cm³/mol. The van der Waals surface area contributed by atoms with E-state index in [9.17, 15) is 4.79 Å². The molecular weight excluding hydrogens is 242 g/mol. The molecule has 2 rings (SSSR count). The van der Waals surface area contributed by atoms with Gasteiger partial charge in [0.05, 0.1) is 19.3 Å². The van der Waals surface area contributed by atoms with Crippen LogP contribution in [0.1, 0.15) is 29.0 Å². The molecule has 0 unspecified atom stereocenters. The molecule has 1 aromatic carbocycles. The number of methoxy groups -OCH3 is 1. The number of ether oxygens (including phenoxy) is 1. The van der Waals surface area contributed by atoms with E-state index in [0.29, 0.717) is 5.69 Å². The molecule has 1 atom stereocenters. The monoisotopic (exact) mass is 257 g/mol. The van der Waals surface area contributed by atoms with Gasteiger partial charge in [0, 0.05) is 12.4 Å². The van der Waals surface area contributed by atoms with Gasteiger partial charge in [-0.1, -0.05) is 12.1 Å². The maximum atomic E-state index is 11.9. The molecule has 0 fully saturated rings. The molecule has 0 aliphatic rings. The minimum absolute atomic E-state index is 0.135. The summed E-state index contributed by atoms with van der Waals surface area (Å²) in [6.45, 7) is 1.91. The molecule has 1 N–H and O–H groups in total. The number of aromatic nitrogens is 2. The molecule has 0 aliphatic heterocycles. The number of amides is 1. The van der Waals surface area contributed by atoms with E-state index < -0.39 is 0 Å². The molecule has 19 heavy (non-hydrogen) atoms. The van der Waals surface area contributed by atoms with Gasteiger partial charge >= 0.3 is 0 Å². The quantitative estimate of drug-likeness (QED) is 0.909. The van der Waals surface area contributed by atoms with Crippen LogP contribution >= 0.6 is 0 Å². The molecule has 2 aromatic rings. The maximum absolute atomic E-state index is 11.9. The van der Waals surface area contributed by atoms with Crippen LogP contribution in [0.2, 0.25) is 0 Å². The molecule has 0 aliphatic carbocycles. The molecule has 1 heterocycles. The van der Waals surface area contributed by atoms with Gasteiger partial charge in [-0.15, -0.1) is 0 Å². The minimum Gasteiger partial charge on any atom is -0.497 e. The molecule has 1 amide bonds. The van der Waals surface area contributed by atoms with Crippen molar-refractivity contribution in [2.24, 2.45) is 0 Å². The fraction of sp³-hybridized carbons (Fsp3) is 0.214. The maximum Gasteiger partial charge on any atom is 0.271 e. The van der Waals surface area contributed by atoms with Crippen molar-refractivity contribution in [1.29, 1.82) is 0 Å². The normalized spacial score (nSPS) is 11.7. The van der Waals surface area contributed by atoms with Crippen LogP contribution in [-0.4, -0.2) is 23.0 Å². The van der Waals surface area contributed by atoms with Crippen LogP contribution < -0.4 is 10.1 Å². The Bertz CT molecular complexity index is 558. The van der Waals surface area contributed by atoms with Crippen molar-refractivity contribution in [2.45, 2.75) is 13.0 Å². The van der Waals surface area contributed by atoms with Crippen LogP contribution in [0.5, 0.6) is 5.75 Å². The van der Waals surface area contributed by atoms with Gasteiger partial charge in [-0.05, 0) is 24.6 Å². The summed E-state index contributed by atoms with van der Waals surface area (Å²) in [5.41, 5.74) is 1.27. The summed E-state index contributed by atoms with van der Waals surface area (Å²) in [5.74, 6) is 0.515. The zero-order valence-electron chi connectivity index (χ0n) is 10.8. The van der Waals surface area contributed by atoms with Gasteiger partial charge in [0.1, 0.15) is 11.4 Å². The Morgan fingerprint density at radius 2 is 2.21 bits per heavy atom. The first-order valence-corrected chi connectivity index (χ1v) is 5.91. The van der Waals surface area contributed by atoms with Gasteiger partial charge in [0.25, 0.3) is 5.91 Å². The van der Waals surface area contributed by atoms with E-state index in [1.54, 1.807) is 7.11 Å². The standard InChI is InChI=1S/C14H15N3O2/c1-10(11-4-3-5-12(8-11)19-2)17-14(18)13-9-15-6-7-16-13/h3-10H,1-2H3,(H,17,18)/t10-/m1/s1. The lowest BCUT2D eigenvalue weighted by Crippen LogP contribution is -2.27. The van der Waals surface area contributed by atoms with E-state index in [1.165, 1.54) is 18.6 Å². The Morgan fingerprint density at radius 3 is 2.89 bits per heavy atom. The largest absolute Gasteiger partial charge is 0.497 e. The second-order valence-electron chi connectivity index (χ2n) is 4.06. The molecule has 98 valence electrons. The average molecular weight is 257 g/mol. The molecule has 0 radical (unpaired) electrons. The second-order valence-corrected chi connectivity index (χ2v) is 4.06. The summed E-state index contributed by atoms with van der Waals surface area (Å²) in [6, 6.07) is 7.44. The highest BCUT2D eigenvalue weighted by atomic mass is 16.5. The van der Waals surface area contributed by atoms with E-state index in [-0.39, 0.29) is 11.9 Å². The molecule has 1 aromatic heterocycles. The topological polar surface area (TPSA) is 64.1 Å². The first-order chi connectivity index (χ1) is 9.20. The van der Waals surface area contributed by atoms with Gasteiger partial charge in [-0.25, -0.2) is 4.98 Å². The fourth-order valence-electron chi connectivity index (χ4n) is 1.68. The highest BCUT2D eigenvalue weighted by Crippen LogP contribution is 2.18. The highest BCUT2D eigenvalue weighted by molar-refractivity contribution is 5.92. The smallest absolute Gasteiger partial charge is 0.271 e. The summed E-state index contributed by atoms with van der Waals surface area (Å²) in [6.07, 6.45) is 4.46. The summed E-state index contributed by atoms with van der Waals surface area (Å²) >= 11 is 0. The number of nitrogens with zero attached hydrogens (tertiary/aromatic N) is 2. The average Bonchev–Trinajstić information content (AvgIpc) is 2.48. The van der Waals surface area contributed by atoms with Gasteiger partial charge in [0.15, 0.2) is 0 Å². The predicted octanol–water partition coefficient (Wildman–Crippen LogP) is 1.98. The number of hydrogen-bond donors (Lipinski definition) is 1. The molecule has 5 heteroatoms. The Kier molecular flexibility index (Phi) is 4.07. The summed E-state index contributed by atoms with van der Waals surface area (Å²) in [5, 5.41) is 2.87. The third kappa shape index (κ3) is 3.28. The summed E-state index contributed by atoms with van der Waals surface area (Å²) < 4.78 is 5.16. The van der Waals surface area contributed by atoms with Crippen molar-refractivity contribution < 1.29 is 9.53 Å². The first-order valence-electron chi connectivity index (χ1n) is 5.91. The third-order valence-corrected chi connectivity index (χ3v) is 2.74. The van der Waals surface area contributed by atoms with Crippen LogP contribution in [0.3, 0.4) is 0 Å². The van der Waals surface area contributed by atoms with Crippen LogP contribution in [0.25, 0.3) is 0 Å². The van der Waals surface area contributed by atoms with Crippen LogP contribution in [0.15, 0.2) is 42.9 Å². The van der Waals surface area contributed by atoms with E-state index in [2.05, 4.69) is 15.3 Å². The van der Waals surface area contributed by atoms with Crippen molar-refractivity contribution >= 4 is 5.91 Å². The van der Waals surface area contributed by atoms with Crippen molar-refractivity contribution in [3.05, 3.63) is 54.1 Å².